The lowest BCUT2D eigenvalue weighted by atomic mass is 10.1. The largest absolute Gasteiger partial charge is 0.497 e. The van der Waals surface area contributed by atoms with Gasteiger partial charge in [0.15, 0.2) is 0 Å². The van der Waals surface area contributed by atoms with Crippen LogP contribution in [-0.2, 0) is 6.42 Å². The molecule has 7 nitrogen and oxygen atoms in total. The molecule has 154 valence electrons. The number of nitrogens with one attached hydrogen (secondary N) is 1. The summed E-state index contributed by atoms with van der Waals surface area (Å²) in [6.07, 6.45) is 2.86. The zero-order chi connectivity index (χ0) is 20.1. The number of aromatic nitrogens is 1. The summed E-state index contributed by atoms with van der Waals surface area (Å²) in [5, 5.41) is 4.16. The quantitative estimate of drug-likeness (QED) is 0.781. The lowest BCUT2D eigenvalue weighted by Gasteiger charge is -2.32. The second kappa shape index (κ2) is 9.41. The number of ether oxygens (including phenoxy) is 1. The number of fused-ring (bicyclic) bond motifs is 1. The number of hydrogen-bond donors (Lipinski definition) is 1. The Labute approximate surface area is 167 Å². The Morgan fingerprint density at radius 1 is 1.21 bits per heavy atom. The molecule has 0 atom stereocenters. The smallest absolute Gasteiger partial charge is 0.326 e. The van der Waals surface area contributed by atoms with Gasteiger partial charge in [-0.3, -0.25) is 9.47 Å². The molecule has 1 amide bonds. The number of benzene rings is 1. The van der Waals surface area contributed by atoms with Crippen LogP contribution in [0.5, 0.6) is 5.75 Å². The van der Waals surface area contributed by atoms with Crippen LogP contribution in [0.1, 0.15) is 5.56 Å². The summed E-state index contributed by atoms with van der Waals surface area (Å²) in [6, 6.07) is 5.83. The highest BCUT2D eigenvalue weighted by Gasteiger charge is 2.16. The predicted molar refractivity (Wildman–Crippen MR) is 113 cm³/mol. The Morgan fingerprint density at radius 2 is 1.96 bits per heavy atom. The van der Waals surface area contributed by atoms with E-state index in [4.69, 9.17) is 4.74 Å². The van der Waals surface area contributed by atoms with Crippen molar-refractivity contribution < 1.29 is 9.53 Å². The number of carbonyl (C=O) groups excluding carboxylic acids is 1. The van der Waals surface area contributed by atoms with Gasteiger partial charge in [-0.15, -0.1) is 0 Å². The van der Waals surface area contributed by atoms with Gasteiger partial charge in [0.05, 0.1) is 12.6 Å². The molecule has 1 N–H and O–H groups in total. The number of methoxy groups -OCH3 is 1. The van der Waals surface area contributed by atoms with E-state index in [2.05, 4.69) is 41.2 Å². The van der Waals surface area contributed by atoms with Crippen molar-refractivity contribution >= 4 is 16.9 Å². The van der Waals surface area contributed by atoms with Crippen LogP contribution in [0.15, 0.2) is 24.4 Å². The van der Waals surface area contributed by atoms with Crippen LogP contribution in [0, 0.1) is 0 Å². The van der Waals surface area contributed by atoms with E-state index >= 15 is 0 Å². The molecular weight excluding hydrogens is 354 g/mol. The van der Waals surface area contributed by atoms with Gasteiger partial charge in [-0.1, -0.05) is 0 Å². The molecule has 0 bridgehead atoms. The Bertz CT molecular complexity index is 793. The average molecular weight is 388 g/mol. The standard InChI is InChI=1S/C21H33N5O2/c1-23(2)9-7-17-16-26(20-6-5-18(28-4)15-19(17)20)21(27)22-8-10-25-13-11-24(3)12-14-25/h5-6,15-16H,7-14H2,1-4H3,(H,22,27). The predicted octanol–water partition coefficient (Wildman–Crippen LogP) is 1.56. The highest BCUT2D eigenvalue weighted by molar-refractivity contribution is 5.94. The molecule has 2 aromatic rings. The molecule has 1 aliphatic rings. The summed E-state index contributed by atoms with van der Waals surface area (Å²) < 4.78 is 7.12. The molecule has 7 heteroatoms. The van der Waals surface area contributed by atoms with E-state index in [1.54, 1.807) is 11.7 Å². The van der Waals surface area contributed by atoms with Crippen molar-refractivity contribution in [3.8, 4) is 5.75 Å². The van der Waals surface area contributed by atoms with Gasteiger partial charge in [-0.25, -0.2) is 4.79 Å². The van der Waals surface area contributed by atoms with Gasteiger partial charge in [0.2, 0.25) is 0 Å². The Balaban J connectivity index is 1.69. The van der Waals surface area contributed by atoms with E-state index in [1.807, 2.05) is 24.4 Å². The van der Waals surface area contributed by atoms with Crippen molar-refractivity contribution in [2.45, 2.75) is 6.42 Å². The lowest BCUT2D eigenvalue weighted by molar-refractivity contribution is 0.155. The Hall–Kier alpha value is -2.09. The van der Waals surface area contributed by atoms with E-state index in [-0.39, 0.29) is 6.03 Å². The van der Waals surface area contributed by atoms with Gasteiger partial charge in [0.1, 0.15) is 5.75 Å². The van der Waals surface area contributed by atoms with Gasteiger partial charge in [-0.2, -0.15) is 0 Å². The number of piperazine rings is 1. The number of hydrogen-bond acceptors (Lipinski definition) is 5. The minimum atomic E-state index is -0.0691. The van der Waals surface area contributed by atoms with Gasteiger partial charge in [0, 0.05) is 57.4 Å². The molecule has 0 unspecified atom stereocenters. The molecule has 1 saturated heterocycles. The van der Waals surface area contributed by atoms with E-state index in [0.29, 0.717) is 6.54 Å². The molecule has 2 heterocycles. The van der Waals surface area contributed by atoms with Crippen LogP contribution in [0.2, 0.25) is 0 Å². The maximum atomic E-state index is 12.8. The molecule has 0 saturated carbocycles. The summed E-state index contributed by atoms with van der Waals surface area (Å²) in [5.74, 6) is 0.812. The molecule has 1 aliphatic heterocycles. The fraction of sp³-hybridized carbons (Fsp3) is 0.571. The molecule has 1 aromatic carbocycles. The maximum absolute atomic E-state index is 12.8. The molecule has 1 fully saturated rings. The minimum absolute atomic E-state index is 0.0691. The Morgan fingerprint density at radius 3 is 2.64 bits per heavy atom. The highest BCUT2D eigenvalue weighted by atomic mass is 16.5. The number of amides is 1. The highest BCUT2D eigenvalue weighted by Crippen LogP contribution is 2.26. The van der Waals surface area contributed by atoms with Crippen molar-refractivity contribution in [3.63, 3.8) is 0 Å². The van der Waals surface area contributed by atoms with E-state index < -0.39 is 0 Å². The molecule has 28 heavy (non-hydrogen) atoms. The molecule has 1 aromatic heterocycles. The molecule has 3 rings (SSSR count). The lowest BCUT2D eigenvalue weighted by Crippen LogP contribution is -2.47. The van der Waals surface area contributed by atoms with Gasteiger partial charge < -0.3 is 19.9 Å². The fourth-order valence-electron chi connectivity index (χ4n) is 3.59. The first-order valence-electron chi connectivity index (χ1n) is 9.99. The summed E-state index contributed by atoms with van der Waals surface area (Å²) in [5.41, 5.74) is 2.09. The topological polar surface area (TPSA) is 53.0 Å². The van der Waals surface area contributed by atoms with Gasteiger partial charge >= 0.3 is 6.03 Å². The van der Waals surface area contributed by atoms with Crippen LogP contribution in [0.4, 0.5) is 4.79 Å². The van der Waals surface area contributed by atoms with E-state index in [9.17, 15) is 4.79 Å². The third-order valence-corrected chi connectivity index (χ3v) is 5.44. The molecule has 0 spiro atoms. The third kappa shape index (κ3) is 5.04. The summed E-state index contributed by atoms with van der Waals surface area (Å²) in [6.45, 7) is 6.79. The SMILES string of the molecule is COc1ccc2c(c1)c(CCN(C)C)cn2C(=O)NCCN1CCN(C)CC1. The van der Waals surface area contributed by atoms with Crippen LogP contribution in [-0.4, -0.2) is 99.4 Å². The number of nitrogens with zero attached hydrogens (tertiary/aromatic N) is 4. The fourth-order valence-corrected chi connectivity index (χ4v) is 3.59. The molecule has 0 aliphatic carbocycles. The normalized spacial score (nSPS) is 16.0. The van der Waals surface area contributed by atoms with Crippen molar-refractivity contribution in [3.05, 3.63) is 30.0 Å². The first-order valence-corrected chi connectivity index (χ1v) is 9.99. The zero-order valence-electron chi connectivity index (χ0n) is 17.6. The van der Waals surface area contributed by atoms with E-state index in [0.717, 1.165) is 67.9 Å². The van der Waals surface area contributed by atoms with Crippen molar-refractivity contribution in [2.24, 2.45) is 0 Å². The van der Waals surface area contributed by atoms with Crippen molar-refractivity contribution in [2.75, 3.05) is 74.1 Å². The van der Waals surface area contributed by atoms with Gasteiger partial charge in [0.25, 0.3) is 0 Å². The first-order chi connectivity index (χ1) is 13.5. The molecular formula is C21H33N5O2. The van der Waals surface area contributed by atoms with Crippen LogP contribution in [0.3, 0.4) is 0 Å². The number of rotatable bonds is 7. The molecule has 0 radical (unpaired) electrons. The Kier molecular flexibility index (Phi) is 6.93. The summed E-state index contributed by atoms with van der Waals surface area (Å²) >= 11 is 0. The average Bonchev–Trinajstić information content (AvgIpc) is 3.05. The van der Waals surface area contributed by atoms with E-state index in [1.165, 1.54) is 0 Å². The van der Waals surface area contributed by atoms with Gasteiger partial charge in [-0.05, 0) is 51.3 Å². The maximum Gasteiger partial charge on any atom is 0.326 e. The second-order valence-corrected chi connectivity index (χ2v) is 7.84. The monoisotopic (exact) mass is 387 g/mol. The first kappa shape index (κ1) is 20.6. The summed E-state index contributed by atoms with van der Waals surface area (Å²) in [7, 11) is 7.94. The number of carbonyl (C=O) groups is 1. The van der Waals surface area contributed by atoms with Crippen LogP contribution < -0.4 is 10.1 Å². The second-order valence-electron chi connectivity index (χ2n) is 7.84. The van der Waals surface area contributed by atoms with Crippen LogP contribution >= 0.6 is 0 Å². The number of likely N-dealkylation sites (N-methyl/N-ethyl adjacent to an activating group) is 2. The van der Waals surface area contributed by atoms with Crippen molar-refractivity contribution in [1.29, 1.82) is 0 Å². The van der Waals surface area contributed by atoms with Crippen molar-refractivity contribution in [1.82, 2.24) is 24.6 Å². The summed E-state index contributed by atoms with van der Waals surface area (Å²) in [4.78, 5) is 19.7. The zero-order valence-corrected chi connectivity index (χ0v) is 17.6. The third-order valence-electron chi connectivity index (χ3n) is 5.44. The van der Waals surface area contributed by atoms with Crippen LogP contribution in [0.25, 0.3) is 10.9 Å². The minimum Gasteiger partial charge on any atom is -0.497 e.